The molecule has 0 aliphatic carbocycles. The minimum Gasteiger partial charge on any atom is -0.493 e. The first-order valence-corrected chi connectivity index (χ1v) is 10.0. The molecule has 2 heterocycles. The van der Waals surface area contributed by atoms with Crippen LogP contribution in [0.15, 0.2) is 36.4 Å². The van der Waals surface area contributed by atoms with Crippen molar-refractivity contribution in [2.75, 3.05) is 19.0 Å². The number of ether oxygens (including phenoxy) is 2. The molecule has 1 aliphatic heterocycles. The largest absolute Gasteiger partial charge is 0.493 e. The monoisotopic (exact) mass is 441 g/mol. The fourth-order valence-electron chi connectivity index (χ4n) is 3.90. The number of carbonyl (C=O) groups is 2. The minimum atomic E-state index is -0.839. The van der Waals surface area contributed by atoms with Crippen LogP contribution in [0, 0.1) is 18.6 Å². The fraction of sp³-hybridized carbons (Fsp3) is 0.261. The van der Waals surface area contributed by atoms with Gasteiger partial charge in [0.1, 0.15) is 17.3 Å². The summed E-state index contributed by atoms with van der Waals surface area (Å²) < 4.78 is 39.8. The smallest absolute Gasteiger partial charge is 0.226 e. The lowest BCUT2D eigenvalue weighted by Crippen LogP contribution is -2.28. The van der Waals surface area contributed by atoms with Gasteiger partial charge in [0.05, 0.1) is 25.3 Å². The average molecular weight is 441 g/mol. The van der Waals surface area contributed by atoms with E-state index in [0.717, 1.165) is 12.1 Å². The summed E-state index contributed by atoms with van der Waals surface area (Å²) >= 11 is 0. The number of Topliss-reactive ketones (excluding diaryl/α,β-unsaturated/α-hetero) is 1. The highest BCUT2D eigenvalue weighted by atomic mass is 19.1. The zero-order valence-corrected chi connectivity index (χ0v) is 17.7. The van der Waals surface area contributed by atoms with Crippen LogP contribution in [0.4, 0.5) is 14.6 Å². The van der Waals surface area contributed by atoms with Crippen molar-refractivity contribution in [3.63, 3.8) is 0 Å². The van der Waals surface area contributed by atoms with Gasteiger partial charge in [0.15, 0.2) is 23.1 Å². The molecule has 9 heteroatoms. The first-order chi connectivity index (χ1) is 15.3. The molecule has 0 spiro atoms. The molecule has 3 aromatic rings. The Balaban J connectivity index is 1.78. The van der Waals surface area contributed by atoms with E-state index in [9.17, 15) is 18.4 Å². The number of carbonyl (C=O) groups excluding carboxylic acids is 2. The molecular formula is C23H21F2N3O4. The molecule has 166 valence electrons. The Morgan fingerprint density at radius 1 is 1.22 bits per heavy atom. The summed E-state index contributed by atoms with van der Waals surface area (Å²) in [5.74, 6) is -2.00. The van der Waals surface area contributed by atoms with Crippen LogP contribution in [0.2, 0.25) is 0 Å². The van der Waals surface area contributed by atoms with Crippen molar-refractivity contribution in [2.24, 2.45) is 0 Å². The number of anilines is 1. The third kappa shape index (κ3) is 3.70. The number of nitrogens with one attached hydrogen (secondary N) is 1. The molecular weight excluding hydrogens is 420 g/mol. The Morgan fingerprint density at radius 3 is 2.69 bits per heavy atom. The van der Waals surface area contributed by atoms with E-state index in [0.29, 0.717) is 34.9 Å². The fourth-order valence-corrected chi connectivity index (χ4v) is 3.90. The number of nitrogens with zero attached hydrogens (tertiary/aromatic N) is 2. The molecule has 4 rings (SSSR count). The summed E-state index contributed by atoms with van der Waals surface area (Å²) in [6.45, 7) is 3.95. The first kappa shape index (κ1) is 21.5. The maximum Gasteiger partial charge on any atom is 0.226 e. The van der Waals surface area contributed by atoms with Gasteiger partial charge in [-0.15, -0.1) is 0 Å². The SMILES string of the molecule is CCOc1ccc(C(=O)[C@@H]2CC(=O)Nc3c2c(C)nn3-c2ccc(F)cc2F)cc1OC. The minimum absolute atomic E-state index is 0.0353. The summed E-state index contributed by atoms with van der Waals surface area (Å²) in [5.41, 5.74) is 1.26. The number of fused-ring (bicyclic) bond motifs is 1. The summed E-state index contributed by atoms with van der Waals surface area (Å²) in [4.78, 5) is 25.9. The van der Waals surface area contributed by atoms with Gasteiger partial charge in [0.2, 0.25) is 5.91 Å². The molecule has 0 saturated heterocycles. The Bertz CT molecular complexity index is 1220. The highest BCUT2D eigenvalue weighted by Crippen LogP contribution is 2.39. The van der Waals surface area contributed by atoms with Crippen LogP contribution in [0.25, 0.3) is 5.69 Å². The Labute approximate surface area is 182 Å². The van der Waals surface area contributed by atoms with E-state index in [-0.39, 0.29) is 23.7 Å². The Kier molecular flexibility index (Phi) is 5.65. The van der Waals surface area contributed by atoms with Gasteiger partial charge in [-0.05, 0) is 44.2 Å². The van der Waals surface area contributed by atoms with E-state index < -0.39 is 23.5 Å². The molecule has 1 N–H and O–H groups in total. The zero-order valence-electron chi connectivity index (χ0n) is 17.7. The second-order valence-electron chi connectivity index (χ2n) is 7.32. The molecule has 7 nitrogen and oxygen atoms in total. The molecule has 0 saturated carbocycles. The lowest BCUT2D eigenvalue weighted by Gasteiger charge is -2.23. The molecule has 1 amide bonds. The molecule has 2 aromatic carbocycles. The van der Waals surface area contributed by atoms with Gasteiger partial charge in [0, 0.05) is 23.6 Å². The van der Waals surface area contributed by atoms with Crippen molar-refractivity contribution in [3.8, 4) is 17.2 Å². The highest BCUT2D eigenvalue weighted by molar-refractivity contribution is 6.08. The van der Waals surface area contributed by atoms with E-state index in [1.54, 1.807) is 25.1 Å². The quantitative estimate of drug-likeness (QED) is 0.581. The standard InChI is InChI=1S/C23H21F2N3O4/c1-4-32-18-8-5-13(9-19(18)31-3)22(30)15-11-20(29)26-23-21(15)12(2)27-28(23)17-7-6-14(24)10-16(17)25/h5-10,15H,4,11H2,1-3H3,(H,26,29)/t15-/m1/s1. The molecule has 1 aliphatic rings. The molecule has 0 unspecified atom stereocenters. The van der Waals surface area contributed by atoms with Gasteiger partial charge in [-0.1, -0.05) is 0 Å². The van der Waals surface area contributed by atoms with Crippen LogP contribution in [0.3, 0.4) is 0 Å². The molecule has 32 heavy (non-hydrogen) atoms. The number of rotatable bonds is 6. The van der Waals surface area contributed by atoms with Crippen molar-refractivity contribution in [2.45, 2.75) is 26.2 Å². The number of methoxy groups -OCH3 is 1. The van der Waals surface area contributed by atoms with Gasteiger partial charge in [-0.3, -0.25) is 9.59 Å². The van der Waals surface area contributed by atoms with Crippen LogP contribution in [-0.2, 0) is 4.79 Å². The van der Waals surface area contributed by atoms with Crippen molar-refractivity contribution in [1.29, 1.82) is 0 Å². The summed E-state index contributed by atoms with van der Waals surface area (Å²) in [6, 6.07) is 7.88. The number of benzene rings is 2. The molecule has 0 radical (unpaired) electrons. The normalized spacial score (nSPS) is 15.2. The van der Waals surface area contributed by atoms with Crippen molar-refractivity contribution >= 4 is 17.5 Å². The van der Waals surface area contributed by atoms with Gasteiger partial charge >= 0.3 is 0 Å². The second-order valence-corrected chi connectivity index (χ2v) is 7.32. The predicted octanol–water partition coefficient (Wildman–Crippen LogP) is 4.17. The number of hydrogen-bond donors (Lipinski definition) is 1. The summed E-state index contributed by atoms with van der Waals surface area (Å²) in [5, 5.41) is 7.01. The van der Waals surface area contributed by atoms with E-state index in [2.05, 4.69) is 10.4 Å². The van der Waals surface area contributed by atoms with E-state index in [4.69, 9.17) is 9.47 Å². The molecule has 0 bridgehead atoms. The maximum atomic E-state index is 14.4. The van der Waals surface area contributed by atoms with E-state index in [1.165, 1.54) is 17.9 Å². The predicted molar refractivity (Wildman–Crippen MR) is 113 cm³/mol. The number of ketones is 1. The van der Waals surface area contributed by atoms with Gasteiger partial charge in [-0.2, -0.15) is 5.10 Å². The lowest BCUT2D eigenvalue weighted by atomic mass is 9.85. The third-order valence-electron chi connectivity index (χ3n) is 5.30. The van der Waals surface area contributed by atoms with Crippen LogP contribution in [0.5, 0.6) is 11.5 Å². The van der Waals surface area contributed by atoms with Crippen LogP contribution >= 0.6 is 0 Å². The first-order valence-electron chi connectivity index (χ1n) is 10.0. The van der Waals surface area contributed by atoms with Crippen LogP contribution in [-0.4, -0.2) is 35.2 Å². The van der Waals surface area contributed by atoms with Crippen LogP contribution < -0.4 is 14.8 Å². The van der Waals surface area contributed by atoms with Gasteiger partial charge < -0.3 is 14.8 Å². The molecule has 0 fully saturated rings. The van der Waals surface area contributed by atoms with E-state index >= 15 is 0 Å². The van der Waals surface area contributed by atoms with Crippen molar-refractivity contribution in [3.05, 3.63) is 64.9 Å². The lowest BCUT2D eigenvalue weighted by molar-refractivity contribution is -0.116. The maximum absolute atomic E-state index is 14.4. The number of amides is 1. The number of hydrogen-bond acceptors (Lipinski definition) is 5. The van der Waals surface area contributed by atoms with Crippen molar-refractivity contribution < 1.29 is 27.8 Å². The number of halogens is 2. The highest BCUT2D eigenvalue weighted by Gasteiger charge is 2.37. The topological polar surface area (TPSA) is 82.5 Å². The number of aromatic nitrogens is 2. The summed E-state index contributed by atoms with van der Waals surface area (Å²) in [6.07, 6.45) is -0.0835. The molecule has 1 aromatic heterocycles. The Morgan fingerprint density at radius 2 is 2.00 bits per heavy atom. The summed E-state index contributed by atoms with van der Waals surface area (Å²) in [7, 11) is 1.48. The Hall–Kier alpha value is -3.75. The third-order valence-corrected chi connectivity index (χ3v) is 5.30. The van der Waals surface area contributed by atoms with Crippen molar-refractivity contribution in [1.82, 2.24) is 9.78 Å². The number of aryl methyl sites for hydroxylation is 1. The van der Waals surface area contributed by atoms with E-state index in [1.807, 2.05) is 6.92 Å². The zero-order chi connectivity index (χ0) is 23.0. The van der Waals surface area contributed by atoms with Crippen LogP contribution in [0.1, 0.15) is 40.9 Å². The second kappa shape index (κ2) is 8.41. The van der Waals surface area contributed by atoms with Gasteiger partial charge in [-0.25, -0.2) is 13.5 Å². The average Bonchev–Trinajstić information content (AvgIpc) is 3.09. The molecule has 1 atom stereocenters. The van der Waals surface area contributed by atoms with Gasteiger partial charge in [0.25, 0.3) is 0 Å².